The molecule has 0 radical (unpaired) electrons. The molecule has 1 amide bonds. The summed E-state index contributed by atoms with van der Waals surface area (Å²) in [7, 11) is 0. The van der Waals surface area contributed by atoms with Crippen LogP contribution in [-0.4, -0.2) is 5.91 Å². The first kappa shape index (κ1) is 11.4. The maximum Gasteiger partial charge on any atom is 0.248 e. The smallest absolute Gasteiger partial charge is 0.248 e. The molecule has 1 aliphatic rings. The Labute approximate surface area is 108 Å². The minimum absolute atomic E-state index is 0.177. The zero-order chi connectivity index (χ0) is 12.7. The fourth-order valence-electron chi connectivity index (χ4n) is 2.16. The Morgan fingerprint density at radius 3 is 2.94 bits per heavy atom. The third kappa shape index (κ3) is 1.72. The van der Waals surface area contributed by atoms with E-state index in [-0.39, 0.29) is 11.7 Å². The van der Waals surface area contributed by atoms with E-state index >= 15 is 0 Å². The summed E-state index contributed by atoms with van der Waals surface area (Å²) in [5, 5.41) is 1.96. The summed E-state index contributed by atoms with van der Waals surface area (Å²) in [4.78, 5) is 14.8. The molecule has 92 valence electrons. The van der Waals surface area contributed by atoms with Gasteiger partial charge in [-0.15, -0.1) is 11.3 Å². The Morgan fingerprint density at radius 2 is 2.22 bits per heavy atom. The average Bonchev–Trinajstić information content (AvgIpc) is 2.94. The van der Waals surface area contributed by atoms with Gasteiger partial charge < -0.3 is 10.6 Å². The number of rotatable bonds is 2. The summed E-state index contributed by atoms with van der Waals surface area (Å²) < 4.78 is 13.2. The van der Waals surface area contributed by atoms with E-state index in [0.717, 1.165) is 4.88 Å². The SMILES string of the molecule is NC1C(=O)N(Cc2cccs2)c2ccc(F)cc21. The molecule has 1 aromatic carbocycles. The van der Waals surface area contributed by atoms with Crippen LogP contribution in [0.25, 0.3) is 0 Å². The molecule has 0 bridgehead atoms. The van der Waals surface area contributed by atoms with Crippen molar-refractivity contribution in [2.75, 3.05) is 4.90 Å². The van der Waals surface area contributed by atoms with E-state index in [9.17, 15) is 9.18 Å². The van der Waals surface area contributed by atoms with Crippen LogP contribution in [-0.2, 0) is 11.3 Å². The number of benzene rings is 1. The number of thiophene rings is 1. The number of carbonyl (C=O) groups is 1. The lowest BCUT2D eigenvalue weighted by atomic mass is 10.1. The number of anilines is 1. The van der Waals surface area contributed by atoms with E-state index in [1.165, 1.54) is 12.1 Å². The lowest BCUT2D eigenvalue weighted by molar-refractivity contribution is -0.119. The van der Waals surface area contributed by atoms with Crippen LogP contribution in [0.15, 0.2) is 35.7 Å². The van der Waals surface area contributed by atoms with Crippen LogP contribution in [0.1, 0.15) is 16.5 Å². The van der Waals surface area contributed by atoms with Crippen LogP contribution < -0.4 is 10.6 Å². The van der Waals surface area contributed by atoms with Gasteiger partial charge in [0.05, 0.1) is 6.54 Å². The summed E-state index contributed by atoms with van der Waals surface area (Å²) in [6.07, 6.45) is 0. The second kappa shape index (κ2) is 4.19. The van der Waals surface area contributed by atoms with Crippen LogP contribution in [0, 0.1) is 5.82 Å². The number of nitrogens with zero attached hydrogens (tertiary/aromatic N) is 1. The fraction of sp³-hybridized carbons (Fsp3) is 0.154. The molecule has 1 atom stereocenters. The van der Waals surface area contributed by atoms with Gasteiger partial charge in [0.15, 0.2) is 0 Å². The monoisotopic (exact) mass is 262 g/mol. The van der Waals surface area contributed by atoms with Crippen LogP contribution in [0.5, 0.6) is 0 Å². The third-order valence-electron chi connectivity index (χ3n) is 3.04. The maximum absolute atomic E-state index is 13.2. The minimum Gasteiger partial charge on any atom is -0.316 e. The Kier molecular flexibility index (Phi) is 2.65. The second-order valence-corrected chi connectivity index (χ2v) is 5.22. The molecule has 1 aromatic heterocycles. The third-order valence-corrected chi connectivity index (χ3v) is 3.90. The lowest BCUT2D eigenvalue weighted by Gasteiger charge is -2.16. The van der Waals surface area contributed by atoms with Crippen LogP contribution >= 0.6 is 11.3 Å². The number of fused-ring (bicyclic) bond motifs is 1. The normalized spacial score (nSPS) is 18.2. The van der Waals surface area contributed by atoms with E-state index in [1.807, 2.05) is 17.5 Å². The van der Waals surface area contributed by atoms with Gasteiger partial charge in [0.25, 0.3) is 0 Å². The molecule has 0 aliphatic carbocycles. The van der Waals surface area contributed by atoms with Crippen molar-refractivity contribution >= 4 is 22.9 Å². The highest BCUT2D eigenvalue weighted by Crippen LogP contribution is 2.36. The zero-order valence-electron chi connectivity index (χ0n) is 9.47. The summed E-state index contributed by atoms with van der Waals surface area (Å²) in [5.41, 5.74) is 7.10. The molecule has 3 nitrogen and oxygen atoms in total. The molecule has 0 saturated carbocycles. The Hall–Kier alpha value is -1.72. The molecular formula is C13H11FN2OS. The van der Waals surface area contributed by atoms with Crippen molar-refractivity contribution < 1.29 is 9.18 Å². The maximum atomic E-state index is 13.2. The number of hydrogen-bond donors (Lipinski definition) is 1. The second-order valence-electron chi connectivity index (χ2n) is 4.18. The van der Waals surface area contributed by atoms with Crippen molar-refractivity contribution in [2.24, 2.45) is 5.73 Å². The Balaban J connectivity index is 1.99. The van der Waals surface area contributed by atoms with E-state index < -0.39 is 6.04 Å². The Bertz CT molecular complexity index is 597. The lowest BCUT2D eigenvalue weighted by Crippen LogP contribution is -2.30. The van der Waals surface area contributed by atoms with Gasteiger partial charge in [0, 0.05) is 16.1 Å². The summed E-state index contributed by atoms with van der Waals surface area (Å²) >= 11 is 1.58. The molecule has 2 N–H and O–H groups in total. The molecule has 1 aliphatic heterocycles. The van der Waals surface area contributed by atoms with Gasteiger partial charge in [-0.2, -0.15) is 0 Å². The fourth-order valence-corrected chi connectivity index (χ4v) is 2.85. The van der Waals surface area contributed by atoms with Crippen LogP contribution in [0.3, 0.4) is 0 Å². The van der Waals surface area contributed by atoms with Crippen molar-refractivity contribution in [1.29, 1.82) is 0 Å². The van der Waals surface area contributed by atoms with Gasteiger partial charge in [-0.1, -0.05) is 6.07 Å². The predicted molar refractivity (Wildman–Crippen MR) is 68.8 cm³/mol. The predicted octanol–water partition coefficient (Wildman–Crippen LogP) is 2.43. The summed E-state index contributed by atoms with van der Waals surface area (Å²) in [6.45, 7) is 0.489. The van der Waals surface area contributed by atoms with E-state index in [2.05, 4.69) is 0 Å². The van der Waals surface area contributed by atoms with Crippen molar-refractivity contribution in [3.05, 3.63) is 52.0 Å². The standard InChI is InChI=1S/C13H11FN2OS/c14-8-3-4-11-10(6-8)12(15)13(17)16(11)7-9-2-1-5-18-9/h1-6,12H,7,15H2. The molecule has 5 heteroatoms. The first-order valence-electron chi connectivity index (χ1n) is 5.55. The summed E-state index contributed by atoms with van der Waals surface area (Å²) in [5.74, 6) is -0.543. The van der Waals surface area contributed by atoms with Gasteiger partial charge in [0.2, 0.25) is 5.91 Å². The van der Waals surface area contributed by atoms with E-state index in [0.29, 0.717) is 17.8 Å². The first-order chi connectivity index (χ1) is 8.66. The zero-order valence-corrected chi connectivity index (χ0v) is 10.3. The number of halogens is 1. The number of carbonyl (C=O) groups excluding carboxylic acids is 1. The molecule has 0 saturated heterocycles. The number of hydrogen-bond acceptors (Lipinski definition) is 3. The largest absolute Gasteiger partial charge is 0.316 e. The topological polar surface area (TPSA) is 46.3 Å². The van der Waals surface area contributed by atoms with Gasteiger partial charge in [-0.25, -0.2) is 4.39 Å². The van der Waals surface area contributed by atoms with Crippen LogP contribution in [0.2, 0.25) is 0 Å². The van der Waals surface area contributed by atoms with Crippen molar-refractivity contribution in [2.45, 2.75) is 12.6 Å². The van der Waals surface area contributed by atoms with E-state index in [4.69, 9.17) is 5.73 Å². The number of amides is 1. The molecule has 0 fully saturated rings. The quantitative estimate of drug-likeness (QED) is 0.903. The molecule has 3 rings (SSSR count). The molecule has 0 spiro atoms. The summed E-state index contributed by atoms with van der Waals surface area (Å²) in [6, 6.07) is 7.45. The van der Waals surface area contributed by atoms with E-state index in [1.54, 1.807) is 22.3 Å². The first-order valence-corrected chi connectivity index (χ1v) is 6.43. The average molecular weight is 262 g/mol. The van der Waals surface area contributed by atoms with Gasteiger partial charge in [0.1, 0.15) is 11.9 Å². The van der Waals surface area contributed by atoms with Crippen LogP contribution in [0.4, 0.5) is 10.1 Å². The van der Waals surface area contributed by atoms with Gasteiger partial charge in [-0.3, -0.25) is 4.79 Å². The van der Waals surface area contributed by atoms with Crippen molar-refractivity contribution in [3.63, 3.8) is 0 Å². The number of nitrogens with two attached hydrogens (primary N) is 1. The van der Waals surface area contributed by atoms with Crippen molar-refractivity contribution in [1.82, 2.24) is 0 Å². The molecule has 2 aromatic rings. The highest BCUT2D eigenvalue weighted by atomic mass is 32.1. The highest BCUT2D eigenvalue weighted by molar-refractivity contribution is 7.09. The Morgan fingerprint density at radius 1 is 1.39 bits per heavy atom. The molecule has 1 unspecified atom stereocenters. The van der Waals surface area contributed by atoms with Gasteiger partial charge in [-0.05, 0) is 29.6 Å². The highest BCUT2D eigenvalue weighted by Gasteiger charge is 2.35. The minimum atomic E-state index is -0.754. The van der Waals surface area contributed by atoms with Crippen molar-refractivity contribution in [3.8, 4) is 0 Å². The van der Waals surface area contributed by atoms with Gasteiger partial charge >= 0.3 is 0 Å². The molecular weight excluding hydrogens is 251 g/mol. The molecule has 18 heavy (non-hydrogen) atoms. The molecule has 2 heterocycles.